The van der Waals surface area contributed by atoms with Crippen molar-refractivity contribution in [3.05, 3.63) is 18.1 Å². The van der Waals surface area contributed by atoms with E-state index < -0.39 is 0 Å². The molecule has 2 rings (SSSR count). The van der Waals surface area contributed by atoms with E-state index in [2.05, 4.69) is 9.97 Å². The van der Waals surface area contributed by atoms with Gasteiger partial charge in [0.25, 0.3) is 0 Å². The maximum atomic E-state index is 7.31. The molecule has 6 heteroatoms. The minimum atomic E-state index is -0.142. The van der Waals surface area contributed by atoms with Crippen LogP contribution in [0.3, 0.4) is 0 Å². The van der Waals surface area contributed by atoms with Crippen LogP contribution in [0.4, 0.5) is 0 Å². The van der Waals surface area contributed by atoms with Gasteiger partial charge in [0.15, 0.2) is 5.69 Å². The molecule has 1 unspecified atom stereocenters. The Hall–Kier alpha value is -1.69. The van der Waals surface area contributed by atoms with Gasteiger partial charge in [0.05, 0.1) is 13.2 Å². The van der Waals surface area contributed by atoms with Crippen LogP contribution in [0.1, 0.15) is 12.1 Å². The Morgan fingerprint density at radius 1 is 1.53 bits per heavy atom. The van der Waals surface area contributed by atoms with Gasteiger partial charge in [-0.2, -0.15) is 0 Å². The minimum Gasteiger partial charge on any atom is -0.470 e. The number of nitrogens with two attached hydrogens (primary N) is 1. The molecule has 0 aliphatic carbocycles. The van der Waals surface area contributed by atoms with E-state index in [0.717, 1.165) is 6.42 Å². The summed E-state index contributed by atoms with van der Waals surface area (Å²) in [7, 11) is 0. The lowest BCUT2D eigenvalue weighted by Gasteiger charge is -2.12. The predicted octanol–water partition coefficient (Wildman–Crippen LogP) is -0.0716. The zero-order valence-corrected chi connectivity index (χ0v) is 8.14. The van der Waals surface area contributed by atoms with Gasteiger partial charge in [0, 0.05) is 18.8 Å². The molecule has 1 aromatic heterocycles. The van der Waals surface area contributed by atoms with Crippen molar-refractivity contribution >= 4 is 5.84 Å². The molecule has 0 amide bonds. The summed E-state index contributed by atoms with van der Waals surface area (Å²) in [5.41, 5.74) is 5.64. The number of hydrogen-bond acceptors (Lipinski definition) is 5. The Labute approximate surface area is 86.9 Å². The van der Waals surface area contributed by atoms with Gasteiger partial charge >= 0.3 is 0 Å². The van der Waals surface area contributed by atoms with Gasteiger partial charge in [-0.15, -0.1) is 0 Å². The smallest absolute Gasteiger partial charge is 0.244 e. The van der Waals surface area contributed by atoms with Gasteiger partial charge in [-0.1, -0.05) is 0 Å². The molecule has 0 radical (unpaired) electrons. The van der Waals surface area contributed by atoms with Gasteiger partial charge in [0.1, 0.15) is 11.9 Å². The molecule has 1 atom stereocenters. The molecule has 15 heavy (non-hydrogen) atoms. The molecule has 1 aromatic rings. The average Bonchev–Trinajstić information content (AvgIpc) is 2.71. The van der Waals surface area contributed by atoms with Crippen LogP contribution in [0.25, 0.3) is 0 Å². The highest BCUT2D eigenvalue weighted by Crippen LogP contribution is 2.16. The fraction of sp³-hybridized carbons (Fsp3) is 0.444. The van der Waals surface area contributed by atoms with Crippen molar-refractivity contribution < 1.29 is 9.47 Å². The Balaban J connectivity index is 2.15. The van der Waals surface area contributed by atoms with Crippen LogP contribution in [0.15, 0.2) is 12.4 Å². The Morgan fingerprint density at radius 2 is 2.33 bits per heavy atom. The SMILES string of the molecule is N=C(N)c1nccnc1OC1CCOC1. The largest absolute Gasteiger partial charge is 0.470 e. The van der Waals surface area contributed by atoms with Gasteiger partial charge < -0.3 is 15.2 Å². The number of nitrogen functional groups attached to an aromatic ring is 1. The minimum absolute atomic E-state index is 0.0141. The zero-order chi connectivity index (χ0) is 10.7. The number of rotatable bonds is 3. The molecule has 0 bridgehead atoms. The third-order valence-corrected chi connectivity index (χ3v) is 2.09. The molecule has 2 heterocycles. The molecule has 3 N–H and O–H groups in total. The van der Waals surface area contributed by atoms with E-state index in [1.807, 2.05) is 0 Å². The normalized spacial score (nSPS) is 20.1. The lowest BCUT2D eigenvalue weighted by molar-refractivity contribution is 0.137. The van der Waals surface area contributed by atoms with Crippen LogP contribution < -0.4 is 10.5 Å². The molecule has 0 saturated carbocycles. The topological polar surface area (TPSA) is 94.1 Å². The Kier molecular flexibility index (Phi) is 2.77. The molecule has 80 valence electrons. The number of aromatic nitrogens is 2. The summed E-state index contributed by atoms with van der Waals surface area (Å²) >= 11 is 0. The van der Waals surface area contributed by atoms with Gasteiger partial charge in [-0.3, -0.25) is 5.41 Å². The summed E-state index contributed by atoms with van der Waals surface area (Å²) in [5, 5.41) is 7.31. The molecule has 6 nitrogen and oxygen atoms in total. The lowest BCUT2D eigenvalue weighted by Crippen LogP contribution is -2.21. The summed E-state index contributed by atoms with van der Waals surface area (Å²) in [6, 6.07) is 0. The Morgan fingerprint density at radius 3 is 3.00 bits per heavy atom. The summed E-state index contributed by atoms with van der Waals surface area (Å²) < 4.78 is 10.7. The lowest BCUT2D eigenvalue weighted by atomic mass is 10.3. The van der Waals surface area contributed by atoms with Crippen LogP contribution in [0.5, 0.6) is 5.88 Å². The van der Waals surface area contributed by atoms with Crippen LogP contribution >= 0.6 is 0 Å². The average molecular weight is 208 g/mol. The summed E-state index contributed by atoms with van der Waals surface area (Å²) in [6.07, 6.45) is 3.81. The predicted molar refractivity (Wildman–Crippen MR) is 52.9 cm³/mol. The van der Waals surface area contributed by atoms with Crippen LogP contribution in [-0.2, 0) is 4.74 Å². The molecular weight excluding hydrogens is 196 g/mol. The first kappa shape index (κ1) is 9.85. The number of nitrogens with one attached hydrogen (secondary N) is 1. The van der Waals surface area contributed by atoms with E-state index in [1.165, 1.54) is 12.4 Å². The summed E-state index contributed by atoms with van der Waals surface area (Å²) in [6.45, 7) is 1.24. The fourth-order valence-electron chi connectivity index (χ4n) is 1.36. The first-order valence-electron chi connectivity index (χ1n) is 4.67. The fourth-order valence-corrected chi connectivity index (χ4v) is 1.36. The van der Waals surface area contributed by atoms with E-state index >= 15 is 0 Å². The number of ether oxygens (including phenoxy) is 2. The van der Waals surface area contributed by atoms with Gasteiger partial charge in [-0.05, 0) is 0 Å². The highest BCUT2D eigenvalue weighted by Gasteiger charge is 2.20. The molecule has 1 saturated heterocycles. The van der Waals surface area contributed by atoms with E-state index in [4.69, 9.17) is 20.6 Å². The van der Waals surface area contributed by atoms with Crippen molar-refractivity contribution in [1.82, 2.24) is 9.97 Å². The van der Waals surface area contributed by atoms with E-state index in [-0.39, 0.29) is 17.6 Å². The van der Waals surface area contributed by atoms with Crippen molar-refractivity contribution in [2.45, 2.75) is 12.5 Å². The van der Waals surface area contributed by atoms with Crippen molar-refractivity contribution in [2.75, 3.05) is 13.2 Å². The molecular formula is C9H12N4O2. The second-order valence-corrected chi connectivity index (χ2v) is 3.23. The summed E-state index contributed by atoms with van der Waals surface area (Å²) in [5.74, 6) is 0.164. The molecule has 1 aliphatic rings. The van der Waals surface area contributed by atoms with Crippen molar-refractivity contribution in [3.8, 4) is 5.88 Å². The van der Waals surface area contributed by atoms with E-state index in [9.17, 15) is 0 Å². The van der Waals surface area contributed by atoms with Crippen molar-refractivity contribution in [2.24, 2.45) is 5.73 Å². The number of amidine groups is 1. The second kappa shape index (κ2) is 4.22. The maximum absolute atomic E-state index is 7.31. The van der Waals surface area contributed by atoms with Gasteiger partial charge in [-0.25, -0.2) is 9.97 Å². The monoisotopic (exact) mass is 208 g/mol. The van der Waals surface area contributed by atoms with Crippen LogP contribution in [0, 0.1) is 5.41 Å². The second-order valence-electron chi connectivity index (χ2n) is 3.23. The Bertz CT molecular complexity index is 363. The zero-order valence-electron chi connectivity index (χ0n) is 8.14. The van der Waals surface area contributed by atoms with Crippen molar-refractivity contribution in [3.63, 3.8) is 0 Å². The van der Waals surface area contributed by atoms with E-state index in [1.54, 1.807) is 0 Å². The van der Waals surface area contributed by atoms with E-state index in [0.29, 0.717) is 19.1 Å². The standard InChI is InChI=1S/C9H12N4O2/c10-8(11)7-9(13-3-2-12-7)15-6-1-4-14-5-6/h2-3,6H,1,4-5H2,(H3,10,11). The molecule has 0 aromatic carbocycles. The van der Waals surface area contributed by atoms with Gasteiger partial charge in [0.2, 0.25) is 5.88 Å². The highest BCUT2D eigenvalue weighted by molar-refractivity contribution is 5.94. The number of hydrogen-bond donors (Lipinski definition) is 2. The van der Waals surface area contributed by atoms with Crippen LogP contribution in [-0.4, -0.2) is 35.1 Å². The third-order valence-electron chi connectivity index (χ3n) is 2.09. The maximum Gasteiger partial charge on any atom is 0.244 e. The number of nitrogens with zero attached hydrogens (tertiary/aromatic N) is 2. The molecule has 1 fully saturated rings. The third kappa shape index (κ3) is 2.21. The van der Waals surface area contributed by atoms with Crippen molar-refractivity contribution in [1.29, 1.82) is 5.41 Å². The quantitative estimate of drug-likeness (QED) is 0.535. The first-order chi connectivity index (χ1) is 7.27. The summed E-state index contributed by atoms with van der Waals surface area (Å²) in [4.78, 5) is 7.94. The first-order valence-corrected chi connectivity index (χ1v) is 4.67. The molecule has 0 spiro atoms. The molecule has 1 aliphatic heterocycles. The van der Waals surface area contributed by atoms with Crippen LogP contribution in [0.2, 0.25) is 0 Å². The highest BCUT2D eigenvalue weighted by atomic mass is 16.5.